The molecule has 1 aliphatic heterocycles. The van der Waals surface area contributed by atoms with Gasteiger partial charge >= 0.3 is 0 Å². The molecule has 4 nitrogen and oxygen atoms in total. The number of piperidine rings is 1. The minimum atomic E-state index is -0.0485. The first-order valence-corrected chi connectivity index (χ1v) is 9.45. The average Bonchev–Trinajstić information content (AvgIpc) is 2.69. The largest absolute Gasteiger partial charge is 0.356 e. The van der Waals surface area contributed by atoms with Crippen molar-refractivity contribution in [3.05, 3.63) is 53.2 Å². The second-order valence-electron chi connectivity index (χ2n) is 7.03. The highest BCUT2D eigenvalue weighted by atomic mass is 16.1. The van der Waals surface area contributed by atoms with E-state index in [-0.39, 0.29) is 5.91 Å². The molecule has 2 aliphatic rings. The van der Waals surface area contributed by atoms with Gasteiger partial charge < -0.3 is 10.2 Å². The van der Waals surface area contributed by atoms with E-state index in [2.05, 4.69) is 27.3 Å². The van der Waals surface area contributed by atoms with Crippen LogP contribution < -0.4 is 10.2 Å². The Balaban J connectivity index is 1.60. The maximum absolute atomic E-state index is 13.0. The van der Waals surface area contributed by atoms with Crippen molar-refractivity contribution in [3.8, 4) is 0 Å². The van der Waals surface area contributed by atoms with Crippen LogP contribution in [0.2, 0.25) is 0 Å². The first-order chi connectivity index (χ1) is 12.3. The third-order valence-corrected chi connectivity index (χ3v) is 5.33. The topological polar surface area (TPSA) is 45.2 Å². The van der Waals surface area contributed by atoms with Crippen molar-refractivity contribution in [1.29, 1.82) is 0 Å². The number of fused-ring (bicyclic) bond motifs is 1. The van der Waals surface area contributed by atoms with Crippen LogP contribution >= 0.6 is 0 Å². The number of carbonyl (C=O) groups excluding carboxylic acids is 1. The molecule has 1 N–H and O–H groups in total. The lowest BCUT2D eigenvalue weighted by Crippen LogP contribution is -2.32. The third-order valence-electron chi connectivity index (χ3n) is 5.33. The Morgan fingerprint density at radius 1 is 0.960 bits per heavy atom. The number of benzene rings is 1. The normalized spacial score (nSPS) is 17.0. The molecular formula is C21H25N3O. The number of carbonyl (C=O) groups is 1. The summed E-state index contributed by atoms with van der Waals surface area (Å²) in [5.41, 5.74) is 4.34. The Bertz CT molecular complexity index is 765. The average molecular weight is 335 g/mol. The van der Waals surface area contributed by atoms with Gasteiger partial charge in [-0.2, -0.15) is 0 Å². The van der Waals surface area contributed by atoms with Gasteiger partial charge in [-0.05, 0) is 74.3 Å². The Morgan fingerprint density at radius 3 is 2.68 bits per heavy atom. The second kappa shape index (κ2) is 7.26. The highest BCUT2D eigenvalue weighted by Crippen LogP contribution is 2.29. The summed E-state index contributed by atoms with van der Waals surface area (Å²) in [4.78, 5) is 19.8. The SMILES string of the molecule is O=C(Nc1cccc2c1CCCC2)c1cccnc1N1CCCCC1. The van der Waals surface area contributed by atoms with Gasteiger partial charge in [0.2, 0.25) is 0 Å². The lowest BCUT2D eigenvalue weighted by molar-refractivity contribution is 0.102. The fourth-order valence-electron chi connectivity index (χ4n) is 4.02. The molecule has 2 aromatic rings. The van der Waals surface area contributed by atoms with Crippen LogP contribution in [0.25, 0.3) is 0 Å². The number of hydrogen-bond acceptors (Lipinski definition) is 3. The number of hydrogen-bond donors (Lipinski definition) is 1. The predicted molar refractivity (Wildman–Crippen MR) is 101 cm³/mol. The molecule has 2 heterocycles. The van der Waals surface area contributed by atoms with Gasteiger partial charge in [-0.1, -0.05) is 12.1 Å². The highest BCUT2D eigenvalue weighted by molar-refractivity contribution is 6.08. The number of anilines is 2. The summed E-state index contributed by atoms with van der Waals surface area (Å²) in [6.45, 7) is 1.97. The van der Waals surface area contributed by atoms with E-state index in [9.17, 15) is 4.79 Å². The molecule has 1 aliphatic carbocycles. The van der Waals surface area contributed by atoms with Gasteiger partial charge in [-0.15, -0.1) is 0 Å². The molecule has 1 fully saturated rings. The van der Waals surface area contributed by atoms with E-state index in [4.69, 9.17) is 0 Å². The predicted octanol–water partition coefficient (Wildman–Crippen LogP) is 4.20. The van der Waals surface area contributed by atoms with Crippen molar-refractivity contribution in [3.63, 3.8) is 0 Å². The molecule has 0 radical (unpaired) electrons. The Kier molecular flexibility index (Phi) is 4.68. The first-order valence-electron chi connectivity index (χ1n) is 9.45. The van der Waals surface area contributed by atoms with E-state index in [0.29, 0.717) is 5.56 Å². The summed E-state index contributed by atoms with van der Waals surface area (Å²) in [5, 5.41) is 3.16. The molecule has 0 unspecified atom stereocenters. The minimum Gasteiger partial charge on any atom is -0.356 e. The van der Waals surface area contributed by atoms with Gasteiger partial charge in [0.05, 0.1) is 5.56 Å². The van der Waals surface area contributed by atoms with Crippen LogP contribution in [0.1, 0.15) is 53.6 Å². The quantitative estimate of drug-likeness (QED) is 0.914. The number of aryl methyl sites for hydroxylation is 1. The summed E-state index contributed by atoms with van der Waals surface area (Å²) < 4.78 is 0. The van der Waals surface area contributed by atoms with Crippen molar-refractivity contribution >= 4 is 17.4 Å². The molecule has 0 bridgehead atoms. The lowest BCUT2D eigenvalue weighted by Gasteiger charge is -2.29. The maximum Gasteiger partial charge on any atom is 0.259 e. The van der Waals surface area contributed by atoms with E-state index in [1.54, 1.807) is 6.20 Å². The molecule has 1 saturated heterocycles. The highest BCUT2D eigenvalue weighted by Gasteiger charge is 2.21. The Hall–Kier alpha value is -2.36. The minimum absolute atomic E-state index is 0.0485. The number of nitrogens with one attached hydrogen (secondary N) is 1. The van der Waals surface area contributed by atoms with Gasteiger partial charge in [-0.25, -0.2) is 4.98 Å². The van der Waals surface area contributed by atoms with Crippen LogP contribution in [0.3, 0.4) is 0 Å². The van der Waals surface area contributed by atoms with Gasteiger partial charge in [0, 0.05) is 25.0 Å². The molecular weight excluding hydrogens is 310 g/mol. The smallest absolute Gasteiger partial charge is 0.259 e. The Morgan fingerprint density at radius 2 is 1.80 bits per heavy atom. The van der Waals surface area contributed by atoms with E-state index in [0.717, 1.165) is 37.4 Å². The van der Waals surface area contributed by atoms with Crippen LogP contribution in [0.5, 0.6) is 0 Å². The molecule has 1 aromatic heterocycles. The molecule has 4 heteroatoms. The van der Waals surface area contributed by atoms with Gasteiger partial charge in [-0.3, -0.25) is 4.79 Å². The van der Waals surface area contributed by atoms with Gasteiger partial charge in [0.15, 0.2) is 0 Å². The number of rotatable bonds is 3. The van der Waals surface area contributed by atoms with Crippen LogP contribution in [0.4, 0.5) is 11.5 Å². The van der Waals surface area contributed by atoms with Crippen LogP contribution in [0.15, 0.2) is 36.5 Å². The van der Waals surface area contributed by atoms with Crippen LogP contribution in [-0.2, 0) is 12.8 Å². The molecule has 130 valence electrons. The van der Waals surface area contributed by atoms with E-state index >= 15 is 0 Å². The zero-order valence-corrected chi connectivity index (χ0v) is 14.6. The summed E-state index contributed by atoms with van der Waals surface area (Å²) in [7, 11) is 0. The van der Waals surface area contributed by atoms with E-state index < -0.39 is 0 Å². The zero-order chi connectivity index (χ0) is 17.1. The van der Waals surface area contributed by atoms with Crippen molar-refractivity contribution in [1.82, 2.24) is 4.98 Å². The van der Waals surface area contributed by atoms with Gasteiger partial charge in [0.25, 0.3) is 5.91 Å². The van der Waals surface area contributed by atoms with Crippen molar-refractivity contribution in [2.24, 2.45) is 0 Å². The molecule has 1 amide bonds. The van der Waals surface area contributed by atoms with Crippen LogP contribution in [0, 0.1) is 0 Å². The number of nitrogens with zero attached hydrogens (tertiary/aromatic N) is 2. The number of pyridine rings is 1. The monoisotopic (exact) mass is 335 g/mol. The Labute approximate surface area is 149 Å². The van der Waals surface area contributed by atoms with Crippen molar-refractivity contribution in [2.75, 3.05) is 23.3 Å². The molecule has 0 spiro atoms. The third kappa shape index (κ3) is 3.39. The molecule has 25 heavy (non-hydrogen) atoms. The fraction of sp³-hybridized carbons (Fsp3) is 0.429. The summed E-state index contributed by atoms with van der Waals surface area (Å²) in [6.07, 6.45) is 10.0. The van der Waals surface area contributed by atoms with Crippen molar-refractivity contribution in [2.45, 2.75) is 44.9 Å². The van der Waals surface area contributed by atoms with E-state index in [1.165, 1.54) is 43.2 Å². The fourth-order valence-corrected chi connectivity index (χ4v) is 4.02. The van der Waals surface area contributed by atoms with Gasteiger partial charge in [0.1, 0.15) is 5.82 Å². The summed E-state index contributed by atoms with van der Waals surface area (Å²) in [5.74, 6) is 0.775. The lowest BCUT2D eigenvalue weighted by atomic mass is 9.90. The van der Waals surface area contributed by atoms with Crippen LogP contribution in [-0.4, -0.2) is 24.0 Å². The molecule has 4 rings (SSSR count). The standard InChI is InChI=1S/C21H25N3O/c25-21(23-19-12-6-9-16-8-2-3-10-17(16)19)18-11-7-13-22-20(18)24-14-4-1-5-15-24/h6-7,9,11-13H,1-5,8,10,14-15H2,(H,23,25). The zero-order valence-electron chi connectivity index (χ0n) is 14.6. The number of aromatic nitrogens is 1. The maximum atomic E-state index is 13.0. The summed E-state index contributed by atoms with van der Waals surface area (Å²) in [6, 6.07) is 10.0. The summed E-state index contributed by atoms with van der Waals surface area (Å²) >= 11 is 0. The molecule has 1 aromatic carbocycles. The number of amides is 1. The first kappa shape index (κ1) is 16.1. The second-order valence-corrected chi connectivity index (χ2v) is 7.03. The van der Waals surface area contributed by atoms with E-state index in [1.807, 2.05) is 18.2 Å². The molecule has 0 atom stereocenters. The molecule has 0 saturated carbocycles. The van der Waals surface area contributed by atoms with Crippen molar-refractivity contribution < 1.29 is 4.79 Å².